The Morgan fingerprint density at radius 3 is 1.89 bits per heavy atom. The van der Waals surface area contributed by atoms with Crippen LogP contribution in [0.5, 0.6) is 0 Å². The minimum absolute atomic E-state index is 0.0344. The lowest BCUT2D eigenvalue weighted by Gasteiger charge is -2.18. The van der Waals surface area contributed by atoms with E-state index in [4.69, 9.17) is 14.2 Å². The Balaban J connectivity index is 4.37. The smallest absolute Gasteiger partial charge is 0.309 e. The molecule has 0 radical (unpaired) electrons. The molecular weight excluding hydrogens is 256 g/mol. The Labute approximate surface area is 111 Å². The van der Waals surface area contributed by atoms with Crippen LogP contribution in [-0.2, 0) is 33.4 Å². The van der Waals surface area contributed by atoms with Crippen LogP contribution < -0.4 is 0 Å². The van der Waals surface area contributed by atoms with Gasteiger partial charge in [-0.1, -0.05) is 6.92 Å². The van der Waals surface area contributed by atoms with E-state index in [1.807, 2.05) is 0 Å². The second-order valence-electron chi connectivity index (χ2n) is 3.97. The zero-order chi connectivity index (χ0) is 14.8. The van der Waals surface area contributed by atoms with E-state index in [1.54, 1.807) is 0 Å². The van der Waals surface area contributed by atoms with Crippen LogP contribution in [0.2, 0.25) is 0 Å². The van der Waals surface area contributed by atoms with Gasteiger partial charge in [0.25, 0.3) is 0 Å². The number of hydrogen-bond donors (Lipinski definition) is 0. The van der Waals surface area contributed by atoms with Crippen LogP contribution in [0.25, 0.3) is 0 Å². The summed E-state index contributed by atoms with van der Waals surface area (Å²) in [6.07, 6.45) is -0.236. The first-order valence-corrected chi connectivity index (χ1v) is 5.77. The lowest BCUT2D eigenvalue weighted by molar-refractivity contribution is -0.168. The number of aldehydes is 1. The van der Waals surface area contributed by atoms with Crippen molar-refractivity contribution in [3.63, 3.8) is 0 Å². The molecule has 0 amide bonds. The van der Waals surface area contributed by atoms with Gasteiger partial charge in [-0.15, -0.1) is 0 Å². The van der Waals surface area contributed by atoms with Gasteiger partial charge in [-0.2, -0.15) is 0 Å². The lowest BCUT2D eigenvalue weighted by Crippen LogP contribution is -2.32. The van der Waals surface area contributed by atoms with E-state index in [0.717, 1.165) is 0 Å². The fourth-order valence-electron chi connectivity index (χ4n) is 1.06. The Morgan fingerprint density at radius 2 is 1.53 bits per heavy atom. The first kappa shape index (κ1) is 17.1. The quantitative estimate of drug-likeness (QED) is 0.355. The molecule has 0 aliphatic heterocycles. The van der Waals surface area contributed by atoms with Crippen LogP contribution >= 0.6 is 0 Å². The molecule has 0 heterocycles. The van der Waals surface area contributed by atoms with Crippen LogP contribution in [0.3, 0.4) is 0 Å². The van der Waals surface area contributed by atoms with Crippen molar-refractivity contribution in [1.82, 2.24) is 0 Å². The molecular formula is C12H18O7. The molecule has 1 atom stereocenters. The van der Waals surface area contributed by atoms with Gasteiger partial charge in [0.1, 0.15) is 19.5 Å². The van der Waals surface area contributed by atoms with Gasteiger partial charge in [0.2, 0.25) is 0 Å². The zero-order valence-electron chi connectivity index (χ0n) is 11.2. The van der Waals surface area contributed by atoms with Crippen LogP contribution in [0.4, 0.5) is 0 Å². The molecule has 19 heavy (non-hydrogen) atoms. The molecule has 108 valence electrons. The number of esters is 3. The van der Waals surface area contributed by atoms with Crippen LogP contribution in [0, 0.1) is 5.92 Å². The van der Waals surface area contributed by atoms with Crippen molar-refractivity contribution in [2.24, 2.45) is 5.92 Å². The van der Waals surface area contributed by atoms with Crippen LogP contribution in [0.15, 0.2) is 0 Å². The molecule has 0 saturated heterocycles. The lowest BCUT2D eigenvalue weighted by atomic mass is 10.1. The first-order valence-electron chi connectivity index (χ1n) is 5.77. The molecule has 0 fully saturated rings. The first-order chi connectivity index (χ1) is 8.86. The maximum Gasteiger partial charge on any atom is 0.309 e. The summed E-state index contributed by atoms with van der Waals surface area (Å²) in [5.74, 6) is -2.29. The highest BCUT2D eigenvalue weighted by Crippen LogP contribution is 2.06. The summed E-state index contributed by atoms with van der Waals surface area (Å²) < 4.78 is 14.4. The number of carbonyl (C=O) groups is 4. The Kier molecular flexibility index (Phi) is 8.15. The van der Waals surface area contributed by atoms with Crippen LogP contribution in [0.1, 0.15) is 27.2 Å². The highest BCUT2D eigenvalue weighted by molar-refractivity contribution is 5.75. The molecule has 0 aliphatic carbocycles. The second kappa shape index (κ2) is 9.07. The van der Waals surface area contributed by atoms with E-state index in [0.29, 0.717) is 6.29 Å². The fourth-order valence-corrected chi connectivity index (χ4v) is 1.06. The normalized spacial score (nSPS) is 11.6. The summed E-state index contributed by atoms with van der Waals surface area (Å²) in [6.45, 7) is 3.54. The average molecular weight is 274 g/mol. The fraction of sp³-hybridized carbons (Fsp3) is 0.667. The standard InChI is InChI=1S/C12H18O7/c1-8(4-5-13)12(16)19-11(6-17-9(2)14)7-18-10(3)15/h5,8,11H,4,6-7H2,1-3H3. The molecule has 0 rings (SSSR count). The molecule has 0 aromatic carbocycles. The topological polar surface area (TPSA) is 96.0 Å². The molecule has 0 N–H and O–H groups in total. The molecule has 0 aromatic heterocycles. The van der Waals surface area contributed by atoms with Crippen molar-refractivity contribution in [2.45, 2.75) is 33.3 Å². The van der Waals surface area contributed by atoms with E-state index in [-0.39, 0.29) is 19.6 Å². The predicted octanol–water partition coefficient (Wildman–Crippen LogP) is 0.249. The Morgan fingerprint density at radius 1 is 1.05 bits per heavy atom. The number of ether oxygens (including phenoxy) is 3. The number of hydrogen-bond acceptors (Lipinski definition) is 7. The Hall–Kier alpha value is -1.92. The minimum Gasteiger partial charge on any atom is -0.462 e. The molecule has 0 aliphatic rings. The van der Waals surface area contributed by atoms with Crippen molar-refractivity contribution in [2.75, 3.05) is 13.2 Å². The maximum absolute atomic E-state index is 11.6. The predicted molar refractivity (Wildman–Crippen MR) is 63.0 cm³/mol. The van der Waals surface area contributed by atoms with Gasteiger partial charge in [0, 0.05) is 20.3 Å². The number of carbonyl (C=O) groups excluding carboxylic acids is 4. The largest absolute Gasteiger partial charge is 0.462 e. The maximum atomic E-state index is 11.6. The average Bonchev–Trinajstić information content (AvgIpc) is 2.32. The summed E-state index contributed by atoms with van der Waals surface area (Å²) >= 11 is 0. The molecule has 1 unspecified atom stereocenters. The molecule has 7 heteroatoms. The van der Waals surface area contributed by atoms with Crippen LogP contribution in [-0.4, -0.2) is 43.5 Å². The van der Waals surface area contributed by atoms with Crippen molar-refractivity contribution < 1.29 is 33.4 Å². The van der Waals surface area contributed by atoms with Crippen molar-refractivity contribution in [3.8, 4) is 0 Å². The van der Waals surface area contributed by atoms with E-state index >= 15 is 0 Å². The number of rotatable bonds is 8. The van der Waals surface area contributed by atoms with Crippen molar-refractivity contribution in [1.29, 1.82) is 0 Å². The van der Waals surface area contributed by atoms with Crippen molar-refractivity contribution >= 4 is 24.2 Å². The van der Waals surface area contributed by atoms with E-state index in [1.165, 1.54) is 20.8 Å². The summed E-state index contributed by atoms with van der Waals surface area (Å²) in [4.78, 5) is 43.2. The van der Waals surface area contributed by atoms with Gasteiger partial charge in [-0.05, 0) is 0 Å². The highest BCUT2D eigenvalue weighted by Gasteiger charge is 2.21. The third-order valence-electron chi connectivity index (χ3n) is 2.08. The molecule has 0 saturated carbocycles. The van der Waals surface area contributed by atoms with Gasteiger partial charge >= 0.3 is 17.9 Å². The van der Waals surface area contributed by atoms with E-state index < -0.39 is 29.9 Å². The van der Waals surface area contributed by atoms with Gasteiger partial charge < -0.3 is 19.0 Å². The summed E-state index contributed by atoms with van der Waals surface area (Å²) in [6, 6.07) is 0. The third kappa shape index (κ3) is 8.76. The van der Waals surface area contributed by atoms with Crippen molar-refractivity contribution in [3.05, 3.63) is 0 Å². The van der Waals surface area contributed by atoms with Gasteiger partial charge in [-0.25, -0.2) is 0 Å². The van der Waals surface area contributed by atoms with E-state index in [2.05, 4.69) is 0 Å². The van der Waals surface area contributed by atoms with Gasteiger partial charge in [-0.3, -0.25) is 14.4 Å². The summed E-state index contributed by atoms with van der Waals surface area (Å²) in [5, 5.41) is 0. The molecule has 0 aromatic rings. The van der Waals surface area contributed by atoms with Gasteiger partial charge in [0.15, 0.2) is 6.10 Å². The van der Waals surface area contributed by atoms with Gasteiger partial charge in [0.05, 0.1) is 5.92 Å². The molecule has 0 bridgehead atoms. The summed E-state index contributed by atoms with van der Waals surface area (Å²) in [7, 11) is 0. The minimum atomic E-state index is -0.880. The zero-order valence-corrected chi connectivity index (χ0v) is 11.2. The second-order valence-corrected chi connectivity index (χ2v) is 3.97. The SMILES string of the molecule is CC(=O)OCC(COC(C)=O)OC(=O)C(C)CC=O. The molecule has 0 spiro atoms. The molecule has 7 nitrogen and oxygen atoms in total. The Bertz CT molecular complexity index is 319. The third-order valence-corrected chi connectivity index (χ3v) is 2.08. The van der Waals surface area contributed by atoms with E-state index in [9.17, 15) is 19.2 Å². The highest BCUT2D eigenvalue weighted by atomic mass is 16.6. The monoisotopic (exact) mass is 274 g/mol. The summed E-state index contributed by atoms with van der Waals surface area (Å²) in [5.41, 5.74) is 0.